The van der Waals surface area contributed by atoms with Crippen molar-refractivity contribution in [3.05, 3.63) is 0 Å². The Hall–Kier alpha value is -0.0400. The van der Waals surface area contributed by atoms with Gasteiger partial charge in [-0.3, -0.25) is 0 Å². The number of nitrogens with two attached hydrogens (primary N) is 1. The number of hydrogen-bond donors (Lipinski definition) is 1. The number of hydrogen-bond acceptors (Lipinski definition) is 1. The number of rotatable bonds is 0. The predicted octanol–water partition coefficient (Wildman–Crippen LogP) is 2.69. The van der Waals surface area contributed by atoms with E-state index in [2.05, 4.69) is 6.92 Å². The average molecular weight is 155 g/mol. The van der Waals surface area contributed by atoms with Gasteiger partial charge < -0.3 is 5.73 Å². The van der Waals surface area contributed by atoms with Crippen molar-refractivity contribution in [2.45, 2.75) is 57.9 Å². The molecule has 0 heterocycles. The maximum Gasteiger partial charge on any atom is 0.00645 e. The lowest BCUT2D eigenvalue weighted by molar-refractivity contribution is 0.399. The van der Waals surface area contributed by atoms with Crippen molar-refractivity contribution in [3.63, 3.8) is 0 Å². The van der Waals surface area contributed by atoms with Crippen LogP contribution in [0.4, 0.5) is 0 Å². The van der Waals surface area contributed by atoms with Crippen molar-refractivity contribution in [2.24, 2.45) is 11.7 Å². The summed E-state index contributed by atoms with van der Waals surface area (Å²) in [5, 5.41) is 0. The molecule has 0 aromatic heterocycles. The maximum absolute atomic E-state index is 6.02. The Morgan fingerprint density at radius 3 is 2.18 bits per heavy atom. The van der Waals surface area contributed by atoms with E-state index in [9.17, 15) is 0 Å². The Balaban J connectivity index is 2.29. The van der Waals surface area contributed by atoms with E-state index < -0.39 is 0 Å². The van der Waals surface area contributed by atoms with Crippen molar-refractivity contribution in [3.8, 4) is 0 Å². The molecule has 0 bridgehead atoms. The first-order valence-electron chi connectivity index (χ1n) is 5.06. The zero-order valence-electron chi connectivity index (χ0n) is 7.68. The van der Waals surface area contributed by atoms with Crippen molar-refractivity contribution in [1.29, 1.82) is 0 Å². The Morgan fingerprint density at radius 1 is 0.909 bits per heavy atom. The van der Waals surface area contributed by atoms with Gasteiger partial charge in [-0.2, -0.15) is 0 Å². The fourth-order valence-corrected chi connectivity index (χ4v) is 1.88. The monoisotopic (exact) mass is 155 g/mol. The molecule has 0 aromatic rings. The van der Waals surface area contributed by atoms with E-state index in [-0.39, 0.29) is 0 Å². The van der Waals surface area contributed by atoms with Gasteiger partial charge in [-0.25, -0.2) is 0 Å². The van der Waals surface area contributed by atoms with Crippen molar-refractivity contribution in [1.82, 2.24) is 0 Å². The van der Waals surface area contributed by atoms with Gasteiger partial charge in [0, 0.05) is 6.04 Å². The highest BCUT2D eigenvalue weighted by Gasteiger charge is 2.13. The molecule has 0 radical (unpaired) electrons. The zero-order valence-corrected chi connectivity index (χ0v) is 7.68. The minimum absolute atomic E-state index is 0.480. The maximum atomic E-state index is 6.02. The Bertz CT molecular complexity index is 89.0. The van der Waals surface area contributed by atoms with Gasteiger partial charge in [0.2, 0.25) is 0 Å². The van der Waals surface area contributed by atoms with Crippen LogP contribution in [0.2, 0.25) is 0 Å². The molecular weight excluding hydrogens is 134 g/mol. The van der Waals surface area contributed by atoms with E-state index in [0.29, 0.717) is 6.04 Å². The minimum Gasteiger partial charge on any atom is -0.327 e. The van der Waals surface area contributed by atoms with E-state index in [1.54, 1.807) is 0 Å². The van der Waals surface area contributed by atoms with Gasteiger partial charge in [0.1, 0.15) is 0 Å². The molecule has 2 atom stereocenters. The van der Waals surface area contributed by atoms with E-state index in [0.717, 1.165) is 5.92 Å². The van der Waals surface area contributed by atoms with Gasteiger partial charge in [0.05, 0.1) is 0 Å². The molecule has 1 saturated carbocycles. The van der Waals surface area contributed by atoms with Gasteiger partial charge in [0.15, 0.2) is 0 Å². The molecule has 0 aromatic carbocycles. The van der Waals surface area contributed by atoms with Crippen molar-refractivity contribution < 1.29 is 0 Å². The lowest BCUT2D eigenvalue weighted by Crippen LogP contribution is -2.27. The van der Waals surface area contributed by atoms with Crippen LogP contribution in [0.1, 0.15) is 51.9 Å². The van der Waals surface area contributed by atoms with Crippen LogP contribution in [-0.4, -0.2) is 6.04 Å². The Morgan fingerprint density at radius 2 is 1.45 bits per heavy atom. The van der Waals surface area contributed by atoms with Crippen molar-refractivity contribution in [2.75, 3.05) is 0 Å². The molecule has 2 unspecified atom stereocenters. The topological polar surface area (TPSA) is 26.0 Å². The zero-order chi connectivity index (χ0) is 8.10. The summed E-state index contributed by atoms with van der Waals surface area (Å²) in [7, 11) is 0. The average Bonchev–Trinajstić information content (AvgIpc) is 2.07. The standard InChI is InChI=1S/C10H21N/c1-9-7-5-3-2-4-6-8-10(9)11/h9-10H,2-8,11H2,1H3. The van der Waals surface area contributed by atoms with Gasteiger partial charge in [-0.15, -0.1) is 0 Å². The summed E-state index contributed by atoms with van der Waals surface area (Å²) >= 11 is 0. The first-order valence-corrected chi connectivity index (χ1v) is 5.06. The quantitative estimate of drug-likeness (QED) is 0.572. The molecule has 0 saturated heterocycles. The van der Waals surface area contributed by atoms with E-state index >= 15 is 0 Å². The normalized spacial score (nSPS) is 35.5. The van der Waals surface area contributed by atoms with Crippen LogP contribution < -0.4 is 5.73 Å². The largest absolute Gasteiger partial charge is 0.327 e. The molecule has 1 fully saturated rings. The van der Waals surface area contributed by atoms with Gasteiger partial charge in [-0.05, 0) is 18.8 Å². The summed E-state index contributed by atoms with van der Waals surface area (Å²) in [6, 6.07) is 0.480. The molecule has 0 spiro atoms. The second-order valence-electron chi connectivity index (χ2n) is 3.99. The fourth-order valence-electron chi connectivity index (χ4n) is 1.88. The summed E-state index contributed by atoms with van der Waals surface area (Å²) in [5.41, 5.74) is 6.02. The predicted molar refractivity (Wildman–Crippen MR) is 49.5 cm³/mol. The lowest BCUT2D eigenvalue weighted by Gasteiger charge is -2.17. The Kier molecular flexibility index (Phi) is 3.92. The van der Waals surface area contributed by atoms with Gasteiger partial charge in [-0.1, -0.05) is 39.0 Å². The van der Waals surface area contributed by atoms with Crippen LogP contribution >= 0.6 is 0 Å². The van der Waals surface area contributed by atoms with Crippen LogP contribution in [0.25, 0.3) is 0 Å². The van der Waals surface area contributed by atoms with E-state index in [1.807, 2.05) is 0 Å². The lowest BCUT2D eigenvalue weighted by atomic mass is 9.94. The summed E-state index contributed by atoms with van der Waals surface area (Å²) in [4.78, 5) is 0. The van der Waals surface area contributed by atoms with Crippen molar-refractivity contribution >= 4 is 0 Å². The minimum atomic E-state index is 0.480. The molecule has 1 aliphatic carbocycles. The summed E-state index contributed by atoms with van der Waals surface area (Å²) in [6.07, 6.45) is 9.61. The van der Waals surface area contributed by atoms with E-state index in [4.69, 9.17) is 5.73 Å². The van der Waals surface area contributed by atoms with E-state index in [1.165, 1.54) is 44.9 Å². The smallest absolute Gasteiger partial charge is 0.00645 e. The molecule has 1 heteroatoms. The highest BCUT2D eigenvalue weighted by atomic mass is 14.6. The first kappa shape index (κ1) is 9.05. The molecule has 0 amide bonds. The highest BCUT2D eigenvalue weighted by Crippen LogP contribution is 2.20. The van der Waals surface area contributed by atoms with Crippen LogP contribution in [0.5, 0.6) is 0 Å². The highest BCUT2D eigenvalue weighted by molar-refractivity contribution is 4.70. The second kappa shape index (κ2) is 4.76. The first-order chi connectivity index (χ1) is 5.30. The molecule has 1 rings (SSSR count). The third-order valence-electron chi connectivity index (χ3n) is 2.93. The summed E-state index contributed by atoms with van der Waals surface area (Å²) < 4.78 is 0. The van der Waals surface area contributed by atoms with Gasteiger partial charge >= 0.3 is 0 Å². The molecular formula is C10H21N. The summed E-state index contributed by atoms with van der Waals surface area (Å²) in [6.45, 7) is 2.30. The fraction of sp³-hybridized carbons (Fsp3) is 1.00. The van der Waals surface area contributed by atoms with Crippen LogP contribution in [-0.2, 0) is 0 Å². The third-order valence-corrected chi connectivity index (χ3v) is 2.93. The molecule has 11 heavy (non-hydrogen) atoms. The molecule has 66 valence electrons. The van der Waals surface area contributed by atoms with Crippen LogP contribution in [0, 0.1) is 5.92 Å². The van der Waals surface area contributed by atoms with Gasteiger partial charge in [0.25, 0.3) is 0 Å². The summed E-state index contributed by atoms with van der Waals surface area (Å²) in [5.74, 6) is 0.757. The molecule has 1 aliphatic rings. The van der Waals surface area contributed by atoms with Crippen LogP contribution in [0.3, 0.4) is 0 Å². The third kappa shape index (κ3) is 3.24. The SMILES string of the molecule is CC1CCCCCCCC1N. The second-order valence-corrected chi connectivity index (χ2v) is 3.99. The van der Waals surface area contributed by atoms with Crippen LogP contribution in [0.15, 0.2) is 0 Å². The molecule has 2 N–H and O–H groups in total. The molecule has 0 aliphatic heterocycles. The molecule has 1 nitrogen and oxygen atoms in total. The Labute approximate surface area is 70.4 Å².